The lowest BCUT2D eigenvalue weighted by Gasteiger charge is -2.45. The van der Waals surface area contributed by atoms with Gasteiger partial charge in [-0.15, -0.1) is 0 Å². The van der Waals surface area contributed by atoms with Crippen molar-refractivity contribution in [3.8, 4) is 0 Å². The zero-order valence-electron chi connectivity index (χ0n) is 21.7. The molecule has 1 N–H and O–H groups in total. The second-order valence-electron chi connectivity index (χ2n) is 10.7. The van der Waals surface area contributed by atoms with Crippen molar-refractivity contribution in [2.75, 3.05) is 11.9 Å². The van der Waals surface area contributed by atoms with Crippen LogP contribution in [0.1, 0.15) is 41.0 Å². The average molecular weight is 531 g/mol. The number of likely N-dealkylation sites (tertiary alicyclic amines) is 1. The highest BCUT2D eigenvalue weighted by Gasteiger charge is 2.62. The highest BCUT2D eigenvalue weighted by Crippen LogP contribution is 2.61. The summed E-state index contributed by atoms with van der Waals surface area (Å²) in [4.78, 5) is 54.4. The number of ether oxygens (including phenoxy) is 1. The van der Waals surface area contributed by atoms with E-state index < -0.39 is 36.4 Å². The molecule has 1 saturated heterocycles. The van der Waals surface area contributed by atoms with Crippen LogP contribution in [-0.2, 0) is 23.9 Å². The lowest BCUT2D eigenvalue weighted by atomic mass is 9.55. The number of hydrogen-bond acceptors (Lipinski definition) is 5. The smallest absolute Gasteiger partial charge is 0.329 e. The Bertz CT molecular complexity index is 1610. The second-order valence-corrected chi connectivity index (χ2v) is 10.7. The average Bonchev–Trinajstić information content (AvgIpc) is 3.25. The van der Waals surface area contributed by atoms with Crippen LogP contribution in [-0.4, -0.2) is 41.2 Å². The summed E-state index contributed by atoms with van der Waals surface area (Å²) in [6.07, 6.45) is 0. The predicted octanol–water partition coefficient (Wildman–Crippen LogP) is 4.60. The van der Waals surface area contributed by atoms with Crippen LogP contribution in [0.5, 0.6) is 0 Å². The van der Waals surface area contributed by atoms with Gasteiger partial charge in [0, 0.05) is 22.9 Å². The highest BCUT2D eigenvalue weighted by atomic mass is 16.5. The lowest BCUT2D eigenvalue weighted by Crippen LogP contribution is -2.45. The highest BCUT2D eigenvalue weighted by molar-refractivity contribution is 6.10. The molecule has 3 amide bonds. The topological polar surface area (TPSA) is 92.8 Å². The SMILES string of the molecule is C[C@@H](C(=O)OCC(=O)Nc1cccc2ccccc12)N1C(=O)[C@@H]2C3c4ccccc4C(c4ccccc43)[C@@H]2C1=O. The first-order valence-corrected chi connectivity index (χ1v) is 13.4. The molecule has 7 heteroatoms. The van der Waals surface area contributed by atoms with Crippen LogP contribution >= 0.6 is 0 Å². The molecule has 0 unspecified atom stereocenters. The quantitative estimate of drug-likeness (QED) is 0.301. The van der Waals surface area contributed by atoms with Crippen molar-refractivity contribution in [3.63, 3.8) is 0 Å². The van der Waals surface area contributed by atoms with E-state index in [0.717, 1.165) is 37.9 Å². The van der Waals surface area contributed by atoms with Crippen molar-refractivity contribution in [2.24, 2.45) is 11.8 Å². The number of nitrogens with zero attached hydrogens (tertiary/aromatic N) is 1. The Morgan fingerprint density at radius 2 is 1.25 bits per heavy atom. The summed E-state index contributed by atoms with van der Waals surface area (Å²) in [7, 11) is 0. The van der Waals surface area contributed by atoms with Gasteiger partial charge in [0.25, 0.3) is 5.91 Å². The first kappa shape index (κ1) is 24.3. The molecule has 4 aliphatic rings. The number of anilines is 1. The summed E-state index contributed by atoms with van der Waals surface area (Å²) in [5, 5.41) is 4.62. The van der Waals surface area contributed by atoms with Gasteiger partial charge >= 0.3 is 5.97 Å². The molecule has 3 atom stereocenters. The second kappa shape index (κ2) is 9.16. The Labute approximate surface area is 230 Å². The fraction of sp³-hybridized carbons (Fsp3) is 0.212. The Balaban J connectivity index is 1.10. The van der Waals surface area contributed by atoms with Crippen LogP contribution in [0.2, 0.25) is 0 Å². The van der Waals surface area contributed by atoms with E-state index in [1.807, 2.05) is 84.9 Å². The van der Waals surface area contributed by atoms with Gasteiger partial charge in [-0.25, -0.2) is 4.79 Å². The van der Waals surface area contributed by atoms with E-state index in [4.69, 9.17) is 4.74 Å². The van der Waals surface area contributed by atoms with Gasteiger partial charge in [-0.1, -0.05) is 84.9 Å². The molecule has 7 nitrogen and oxygen atoms in total. The third-order valence-electron chi connectivity index (χ3n) is 8.62. The van der Waals surface area contributed by atoms with Crippen molar-refractivity contribution < 1.29 is 23.9 Å². The molecule has 8 rings (SSSR count). The van der Waals surface area contributed by atoms with Crippen molar-refractivity contribution in [1.82, 2.24) is 4.90 Å². The zero-order chi connectivity index (χ0) is 27.5. The monoisotopic (exact) mass is 530 g/mol. The van der Waals surface area contributed by atoms with Crippen LogP contribution in [0.15, 0.2) is 91.0 Å². The largest absolute Gasteiger partial charge is 0.454 e. The minimum atomic E-state index is -1.15. The number of carbonyl (C=O) groups excluding carboxylic acids is 4. The molecule has 0 saturated carbocycles. The molecule has 0 radical (unpaired) electrons. The standard InChI is InChI=1S/C33H26N2O5/c1-18(33(39)40-17-26(36)34-25-16-8-10-19-9-2-3-11-20(19)25)35-31(37)29-27-21-12-4-5-13-22(21)28(30(29)32(35)38)24-15-7-6-14-23(24)27/h2-16,18,27-30H,17H2,1H3,(H,34,36)/t18-,27?,28?,29-,30+/m0/s1. The Morgan fingerprint density at radius 3 is 1.82 bits per heavy atom. The van der Waals surface area contributed by atoms with Gasteiger partial charge in [0.1, 0.15) is 6.04 Å². The van der Waals surface area contributed by atoms with Gasteiger partial charge in [0.05, 0.1) is 11.8 Å². The number of fused-ring (bicyclic) bond motifs is 1. The number of imide groups is 1. The van der Waals surface area contributed by atoms with Gasteiger partial charge in [-0.2, -0.15) is 0 Å². The summed E-state index contributed by atoms with van der Waals surface area (Å²) in [5.74, 6) is -3.68. The van der Waals surface area contributed by atoms with E-state index in [2.05, 4.69) is 5.32 Å². The number of rotatable bonds is 5. The molecule has 1 heterocycles. The van der Waals surface area contributed by atoms with Gasteiger partial charge in [0.15, 0.2) is 6.61 Å². The maximum absolute atomic E-state index is 13.8. The third kappa shape index (κ3) is 3.50. The van der Waals surface area contributed by atoms with E-state index in [-0.39, 0.29) is 23.7 Å². The number of benzene rings is 4. The van der Waals surface area contributed by atoms with E-state index in [1.54, 1.807) is 6.07 Å². The predicted molar refractivity (Wildman–Crippen MR) is 148 cm³/mol. The molecule has 4 aromatic carbocycles. The number of esters is 1. The van der Waals surface area contributed by atoms with Crippen LogP contribution < -0.4 is 5.32 Å². The Hall–Kier alpha value is -4.78. The molecule has 40 heavy (non-hydrogen) atoms. The van der Waals surface area contributed by atoms with E-state index in [9.17, 15) is 19.2 Å². The maximum atomic E-state index is 13.8. The van der Waals surface area contributed by atoms with Crippen molar-refractivity contribution in [2.45, 2.75) is 24.8 Å². The first-order valence-electron chi connectivity index (χ1n) is 13.4. The minimum absolute atomic E-state index is 0.251. The zero-order valence-corrected chi connectivity index (χ0v) is 21.7. The van der Waals surface area contributed by atoms with E-state index in [1.165, 1.54) is 6.92 Å². The number of hydrogen-bond donors (Lipinski definition) is 1. The molecular weight excluding hydrogens is 504 g/mol. The van der Waals surface area contributed by atoms with Crippen LogP contribution in [0.3, 0.4) is 0 Å². The summed E-state index contributed by atoms with van der Waals surface area (Å²) in [5.41, 5.74) is 4.87. The van der Waals surface area contributed by atoms with Crippen LogP contribution in [0, 0.1) is 11.8 Å². The lowest BCUT2D eigenvalue weighted by molar-refractivity contribution is -0.159. The Kier molecular flexibility index (Phi) is 5.56. The number of nitrogens with one attached hydrogen (secondary N) is 1. The molecular formula is C33H26N2O5. The van der Waals surface area contributed by atoms with Gasteiger partial charge in [0.2, 0.25) is 11.8 Å². The van der Waals surface area contributed by atoms with Crippen molar-refractivity contribution in [1.29, 1.82) is 0 Å². The Morgan fingerprint density at radius 1 is 0.750 bits per heavy atom. The first-order chi connectivity index (χ1) is 19.5. The van der Waals surface area contributed by atoms with Gasteiger partial charge in [-0.3, -0.25) is 19.3 Å². The molecule has 0 spiro atoms. The van der Waals surface area contributed by atoms with Crippen LogP contribution in [0.25, 0.3) is 10.8 Å². The summed E-state index contributed by atoms with van der Waals surface area (Å²) >= 11 is 0. The summed E-state index contributed by atoms with van der Waals surface area (Å²) in [6.45, 7) is 0.956. The number of carbonyl (C=O) groups is 4. The normalized spacial score (nSPS) is 22.9. The molecule has 0 aromatic heterocycles. The van der Waals surface area contributed by atoms with Crippen molar-refractivity contribution in [3.05, 3.63) is 113 Å². The van der Waals surface area contributed by atoms with Crippen molar-refractivity contribution >= 4 is 40.2 Å². The van der Waals surface area contributed by atoms with E-state index in [0.29, 0.717) is 5.69 Å². The maximum Gasteiger partial charge on any atom is 0.329 e. The molecule has 3 aliphatic carbocycles. The number of amides is 3. The van der Waals surface area contributed by atoms with Crippen LogP contribution in [0.4, 0.5) is 5.69 Å². The molecule has 198 valence electrons. The van der Waals surface area contributed by atoms with Gasteiger partial charge in [-0.05, 0) is 40.6 Å². The molecule has 2 bridgehead atoms. The van der Waals surface area contributed by atoms with Gasteiger partial charge < -0.3 is 10.1 Å². The summed E-state index contributed by atoms with van der Waals surface area (Å²) in [6, 6.07) is 28.0. The molecule has 4 aromatic rings. The molecule has 1 aliphatic heterocycles. The fourth-order valence-corrected chi connectivity index (χ4v) is 6.97. The third-order valence-corrected chi connectivity index (χ3v) is 8.62. The molecule has 1 fully saturated rings. The fourth-order valence-electron chi connectivity index (χ4n) is 6.97. The summed E-state index contributed by atoms with van der Waals surface area (Å²) < 4.78 is 5.31. The van der Waals surface area contributed by atoms with E-state index >= 15 is 0 Å². The minimum Gasteiger partial charge on any atom is -0.454 e.